The Kier molecular flexibility index (Phi) is 10.8. The van der Waals surface area contributed by atoms with E-state index >= 15 is 0 Å². The van der Waals surface area contributed by atoms with Crippen LogP contribution in [0.3, 0.4) is 0 Å². The number of aryl methyl sites for hydroxylation is 1. The zero-order valence-electron chi connectivity index (χ0n) is 22.6. The SMILES string of the molecule is COc1ccc(CCCCCOC(=O)C2CCCCN2C(=O)C(=O)c2cc(OC)c(OC)c(OC)c2)cc1. The first-order valence-electron chi connectivity index (χ1n) is 12.9. The number of esters is 1. The van der Waals surface area contributed by atoms with Crippen LogP contribution in [0.25, 0.3) is 0 Å². The van der Waals surface area contributed by atoms with Gasteiger partial charge in [-0.2, -0.15) is 0 Å². The number of amides is 1. The Morgan fingerprint density at radius 1 is 0.842 bits per heavy atom. The van der Waals surface area contributed by atoms with Crippen molar-refractivity contribution in [2.75, 3.05) is 41.6 Å². The van der Waals surface area contributed by atoms with Crippen LogP contribution in [0, 0.1) is 0 Å². The topological polar surface area (TPSA) is 101 Å². The van der Waals surface area contributed by atoms with Crippen LogP contribution in [0.15, 0.2) is 36.4 Å². The lowest BCUT2D eigenvalue weighted by molar-refractivity contribution is -0.155. The van der Waals surface area contributed by atoms with Gasteiger partial charge in [0.1, 0.15) is 11.8 Å². The van der Waals surface area contributed by atoms with Gasteiger partial charge in [0.05, 0.1) is 35.0 Å². The number of piperidine rings is 1. The Morgan fingerprint density at radius 2 is 1.53 bits per heavy atom. The number of carbonyl (C=O) groups is 3. The van der Waals surface area contributed by atoms with E-state index < -0.39 is 23.7 Å². The van der Waals surface area contributed by atoms with Crippen molar-refractivity contribution >= 4 is 17.7 Å². The van der Waals surface area contributed by atoms with Crippen LogP contribution in [0.4, 0.5) is 0 Å². The minimum atomic E-state index is -0.776. The molecule has 0 N–H and O–H groups in total. The summed E-state index contributed by atoms with van der Waals surface area (Å²) in [7, 11) is 5.97. The fraction of sp³-hybridized carbons (Fsp3) is 0.483. The summed E-state index contributed by atoms with van der Waals surface area (Å²) < 4.78 is 26.6. The molecule has 1 aliphatic heterocycles. The van der Waals surface area contributed by atoms with E-state index in [1.165, 1.54) is 43.9 Å². The number of hydrogen-bond donors (Lipinski definition) is 0. The van der Waals surface area contributed by atoms with E-state index in [1.807, 2.05) is 24.3 Å². The van der Waals surface area contributed by atoms with Gasteiger partial charge in [-0.1, -0.05) is 12.1 Å². The second-order valence-electron chi connectivity index (χ2n) is 9.08. The summed E-state index contributed by atoms with van der Waals surface area (Å²) in [6.45, 7) is 0.595. The average molecular weight is 528 g/mol. The highest BCUT2D eigenvalue weighted by atomic mass is 16.5. The second-order valence-corrected chi connectivity index (χ2v) is 9.08. The Morgan fingerprint density at radius 3 is 2.13 bits per heavy atom. The minimum absolute atomic E-state index is 0.0963. The van der Waals surface area contributed by atoms with Crippen LogP contribution in [-0.4, -0.2) is 70.2 Å². The van der Waals surface area contributed by atoms with Gasteiger partial charge in [-0.15, -0.1) is 0 Å². The van der Waals surface area contributed by atoms with Gasteiger partial charge >= 0.3 is 5.97 Å². The number of benzene rings is 2. The molecule has 38 heavy (non-hydrogen) atoms. The van der Waals surface area contributed by atoms with Gasteiger partial charge in [-0.25, -0.2) is 4.79 Å². The van der Waals surface area contributed by atoms with Crippen LogP contribution in [0.2, 0.25) is 0 Å². The number of ether oxygens (including phenoxy) is 5. The van der Waals surface area contributed by atoms with Gasteiger partial charge in [0, 0.05) is 12.1 Å². The smallest absolute Gasteiger partial charge is 0.328 e. The van der Waals surface area contributed by atoms with E-state index in [2.05, 4.69) is 0 Å². The zero-order valence-corrected chi connectivity index (χ0v) is 22.6. The highest BCUT2D eigenvalue weighted by molar-refractivity contribution is 6.43. The van der Waals surface area contributed by atoms with Crippen LogP contribution in [-0.2, 0) is 20.7 Å². The number of unbranched alkanes of at least 4 members (excludes halogenated alkanes) is 2. The molecule has 2 aromatic carbocycles. The van der Waals surface area contributed by atoms with Crippen molar-refractivity contribution in [3.8, 4) is 23.0 Å². The first-order valence-corrected chi connectivity index (χ1v) is 12.9. The van der Waals surface area contributed by atoms with Crippen LogP contribution < -0.4 is 18.9 Å². The molecule has 0 saturated carbocycles. The molecule has 1 amide bonds. The van der Waals surface area contributed by atoms with Crippen LogP contribution >= 0.6 is 0 Å². The van der Waals surface area contributed by atoms with Crippen molar-refractivity contribution in [3.05, 3.63) is 47.5 Å². The third-order valence-electron chi connectivity index (χ3n) is 6.67. The monoisotopic (exact) mass is 527 g/mol. The molecule has 1 saturated heterocycles. The minimum Gasteiger partial charge on any atom is -0.497 e. The molecule has 0 aliphatic carbocycles. The maximum Gasteiger partial charge on any atom is 0.328 e. The number of ketones is 1. The lowest BCUT2D eigenvalue weighted by Gasteiger charge is -2.33. The average Bonchev–Trinajstić information content (AvgIpc) is 2.97. The summed E-state index contributed by atoms with van der Waals surface area (Å²) in [6.07, 6.45) is 5.50. The van der Waals surface area contributed by atoms with E-state index in [9.17, 15) is 14.4 Å². The number of Topliss-reactive ketones (excluding diaryl/α,β-unsaturated/α-hetero) is 1. The molecular formula is C29H37NO8. The van der Waals surface area contributed by atoms with Gasteiger partial charge in [-0.05, 0) is 74.8 Å². The summed E-state index contributed by atoms with van der Waals surface area (Å²) in [5.74, 6) is -0.272. The second kappa shape index (κ2) is 14.3. The summed E-state index contributed by atoms with van der Waals surface area (Å²) in [4.78, 5) is 40.5. The molecule has 1 fully saturated rings. The van der Waals surface area contributed by atoms with E-state index in [0.29, 0.717) is 25.1 Å². The Bertz CT molecular complexity index is 1070. The molecule has 3 rings (SSSR count). The third-order valence-corrected chi connectivity index (χ3v) is 6.67. The molecule has 9 nitrogen and oxygen atoms in total. The summed E-state index contributed by atoms with van der Waals surface area (Å²) in [5.41, 5.74) is 1.33. The molecule has 2 aromatic rings. The Balaban J connectivity index is 1.54. The molecule has 0 aromatic heterocycles. The molecule has 1 heterocycles. The number of carbonyl (C=O) groups excluding carboxylic acids is 3. The number of hydrogen-bond acceptors (Lipinski definition) is 8. The molecule has 1 aliphatic rings. The predicted octanol–water partition coefficient (Wildman–Crippen LogP) is 4.24. The third kappa shape index (κ3) is 7.18. The largest absolute Gasteiger partial charge is 0.497 e. The summed E-state index contributed by atoms with van der Waals surface area (Å²) in [6, 6.07) is 10.1. The van der Waals surface area contributed by atoms with Gasteiger partial charge in [0.2, 0.25) is 5.75 Å². The van der Waals surface area contributed by atoms with Crippen LogP contribution in [0.5, 0.6) is 23.0 Å². The lowest BCUT2D eigenvalue weighted by atomic mass is 10.00. The Labute approximate surface area is 223 Å². The standard InChI is InChI=1S/C29H37NO8/c1-34-22-14-12-20(13-15-22)10-6-5-9-17-38-29(33)23-11-7-8-16-30(23)28(32)26(31)21-18-24(35-2)27(37-4)25(19-21)36-3/h12-15,18-19,23H,5-11,16-17H2,1-4H3. The fourth-order valence-electron chi connectivity index (χ4n) is 4.55. The van der Waals surface area contributed by atoms with Gasteiger partial charge < -0.3 is 28.6 Å². The summed E-state index contributed by atoms with van der Waals surface area (Å²) >= 11 is 0. The number of nitrogens with zero attached hydrogens (tertiary/aromatic N) is 1. The van der Waals surface area contributed by atoms with Gasteiger partial charge in [0.15, 0.2) is 11.5 Å². The number of likely N-dealkylation sites (tertiary alicyclic amines) is 1. The highest BCUT2D eigenvalue weighted by Crippen LogP contribution is 2.38. The zero-order chi connectivity index (χ0) is 27.5. The molecule has 0 spiro atoms. The highest BCUT2D eigenvalue weighted by Gasteiger charge is 2.36. The van der Waals surface area contributed by atoms with Crippen molar-refractivity contribution in [1.82, 2.24) is 4.90 Å². The first kappa shape index (κ1) is 28.8. The fourth-order valence-corrected chi connectivity index (χ4v) is 4.55. The molecule has 0 radical (unpaired) electrons. The molecule has 1 unspecified atom stereocenters. The van der Waals surface area contributed by atoms with Gasteiger partial charge in [0.25, 0.3) is 11.7 Å². The lowest BCUT2D eigenvalue weighted by Crippen LogP contribution is -2.51. The normalized spacial score (nSPS) is 14.9. The van der Waals surface area contributed by atoms with Crippen molar-refractivity contribution in [2.24, 2.45) is 0 Å². The van der Waals surface area contributed by atoms with Crippen molar-refractivity contribution in [3.63, 3.8) is 0 Å². The number of rotatable bonds is 13. The van der Waals surface area contributed by atoms with Crippen LogP contribution in [0.1, 0.15) is 54.4 Å². The van der Waals surface area contributed by atoms with Crippen molar-refractivity contribution < 1.29 is 38.1 Å². The molecule has 206 valence electrons. The van der Waals surface area contributed by atoms with E-state index in [-0.39, 0.29) is 23.7 Å². The van der Waals surface area contributed by atoms with E-state index in [1.54, 1.807) is 7.11 Å². The maximum atomic E-state index is 13.2. The van der Waals surface area contributed by atoms with Gasteiger partial charge in [-0.3, -0.25) is 9.59 Å². The summed E-state index contributed by atoms with van der Waals surface area (Å²) in [5, 5.41) is 0. The molecular weight excluding hydrogens is 490 g/mol. The van der Waals surface area contributed by atoms with Crippen molar-refractivity contribution in [1.29, 1.82) is 0 Å². The molecule has 1 atom stereocenters. The quantitative estimate of drug-likeness (QED) is 0.165. The van der Waals surface area contributed by atoms with E-state index in [0.717, 1.165) is 37.9 Å². The first-order chi connectivity index (χ1) is 18.4. The van der Waals surface area contributed by atoms with Crippen molar-refractivity contribution in [2.45, 2.75) is 51.0 Å². The molecule has 0 bridgehead atoms. The Hall–Kier alpha value is -3.75. The number of methoxy groups -OCH3 is 4. The predicted molar refractivity (Wildman–Crippen MR) is 141 cm³/mol. The molecule has 9 heteroatoms. The maximum absolute atomic E-state index is 13.2. The van der Waals surface area contributed by atoms with E-state index in [4.69, 9.17) is 23.7 Å².